The Labute approximate surface area is 115 Å². The number of nitrogens with zero attached hydrogens (tertiary/aromatic N) is 1. The largest absolute Gasteiger partial charge is 0.475 e. The van der Waals surface area contributed by atoms with Crippen molar-refractivity contribution in [2.45, 2.75) is 9.79 Å². The van der Waals surface area contributed by atoms with Crippen LogP contribution in [0.1, 0.15) is 5.56 Å². The molecule has 0 unspecified atom stereocenters. The summed E-state index contributed by atoms with van der Waals surface area (Å²) in [6.07, 6.45) is 0. The fraction of sp³-hybridized carbons (Fsp3) is 0.133. The van der Waals surface area contributed by atoms with Gasteiger partial charge >= 0.3 is 0 Å². The van der Waals surface area contributed by atoms with Crippen molar-refractivity contribution in [3.8, 4) is 0 Å². The predicted octanol–water partition coefficient (Wildman–Crippen LogP) is 3.67. The van der Waals surface area contributed by atoms with Crippen LogP contribution in [0.15, 0.2) is 57.2 Å². The Morgan fingerprint density at radius 1 is 1.05 bits per heavy atom. The van der Waals surface area contributed by atoms with Crippen LogP contribution in [0.4, 0.5) is 11.4 Å². The molecule has 2 aliphatic rings. The molecule has 4 rings (SSSR count). The molecule has 0 aliphatic carbocycles. The lowest BCUT2D eigenvalue weighted by molar-refractivity contribution is 0.348. The van der Waals surface area contributed by atoms with Gasteiger partial charge in [0.15, 0.2) is 0 Å². The SMILES string of the molecule is c1ccc2c(c1)Nc1c(cccc1C1=NCCO1)S2. The Bertz CT molecular complexity index is 682. The molecular weight excluding hydrogens is 256 g/mol. The molecule has 0 aromatic heterocycles. The first-order valence-electron chi connectivity index (χ1n) is 6.26. The van der Waals surface area contributed by atoms with Crippen molar-refractivity contribution in [2.75, 3.05) is 18.5 Å². The maximum atomic E-state index is 5.59. The lowest BCUT2D eigenvalue weighted by Crippen LogP contribution is -2.08. The number of para-hydroxylation sites is 2. The van der Waals surface area contributed by atoms with Crippen LogP contribution in [0.3, 0.4) is 0 Å². The summed E-state index contributed by atoms with van der Waals surface area (Å²) in [5.74, 6) is 0.754. The molecule has 0 saturated heterocycles. The molecule has 0 amide bonds. The summed E-state index contributed by atoms with van der Waals surface area (Å²) in [5.41, 5.74) is 3.30. The third-order valence-electron chi connectivity index (χ3n) is 3.21. The molecule has 4 heteroatoms. The molecule has 0 atom stereocenters. The van der Waals surface area contributed by atoms with E-state index < -0.39 is 0 Å². The normalized spacial score (nSPS) is 15.9. The number of benzene rings is 2. The van der Waals surface area contributed by atoms with E-state index in [-0.39, 0.29) is 0 Å². The minimum Gasteiger partial charge on any atom is -0.475 e. The third kappa shape index (κ3) is 1.79. The zero-order chi connectivity index (χ0) is 12.7. The van der Waals surface area contributed by atoms with Gasteiger partial charge in [0.1, 0.15) is 6.61 Å². The third-order valence-corrected chi connectivity index (χ3v) is 4.34. The first-order valence-corrected chi connectivity index (χ1v) is 7.08. The summed E-state index contributed by atoms with van der Waals surface area (Å²) in [4.78, 5) is 6.88. The van der Waals surface area contributed by atoms with Crippen molar-refractivity contribution in [1.82, 2.24) is 0 Å². The number of anilines is 2. The van der Waals surface area contributed by atoms with E-state index in [9.17, 15) is 0 Å². The van der Waals surface area contributed by atoms with Crippen molar-refractivity contribution in [1.29, 1.82) is 0 Å². The number of hydrogen-bond donors (Lipinski definition) is 1. The second-order valence-electron chi connectivity index (χ2n) is 4.44. The van der Waals surface area contributed by atoms with Crippen LogP contribution in [0.25, 0.3) is 0 Å². The van der Waals surface area contributed by atoms with Crippen molar-refractivity contribution in [3.05, 3.63) is 48.0 Å². The van der Waals surface area contributed by atoms with Gasteiger partial charge in [-0.2, -0.15) is 0 Å². The second-order valence-corrected chi connectivity index (χ2v) is 5.52. The molecule has 0 bridgehead atoms. The number of nitrogens with one attached hydrogen (secondary N) is 1. The molecule has 2 aromatic carbocycles. The van der Waals surface area contributed by atoms with Gasteiger partial charge in [0.25, 0.3) is 0 Å². The minimum absolute atomic E-state index is 0.683. The number of ether oxygens (including phenoxy) is 1. The van der Waals surface area contributed by atoms with Gasteiger partial charge in [-0.3, -0.25) is 0 Å². The predicted molar refractivity (Wildman–Crippen MR) is 77.6 cm³/mol. The van der Waals surface area contributed by atoms with Gasteiger partial charge in [-0.05, 0) is 24.3 Å². The van der Waals surface area contributed by atoms with Crippen molar-refractivity contribution < 1.29 is 4.74 Å². The van der Waals surface area contributed by atoms with Crippen LogP contribution >= 0.6 is 11.8 Å². The highest BCUT2D eigenvalue weighted by atomic mass is 32.2. The number of fused-ring (bicyclic) bond motifs is 2. The van der Waals surface area contributed by atoms with Crippen LogP contribution < -0.4 is 5.32 Å². The summed E-state index contributed by atoms with van der Waals surface area (Å²) < 4.78 is 5.59. The standard InChI is InChI=1S/C15H12N2OS/c1-2-6-12-11(5-1)17-14-10(15-16-8-9-18-15)4-3-7-13(14)19-12/h1-7,17H,8-9H2. The van der Waals surface area contributed by atoms with Crippen LogP contribution in [-0.2, 0) is 4.74 Å². The van der Waals surface area contributed by atoms with Crippen molar-refractivity contribution in [2.24, 2.45) is 4.99 Å². The van der Waals surface area contributed by atoms with Gasteiger partial charge in [0.2, 0.25) is 5.90 Å². The molecule has 94 valence electrons. The van der Waals surface area contributed by atoms with Gasteiger partial charge in [-0.1, -0.05) is 30.0 Å². The summed E-state index contributed by atoms with van der Waals surface area (Å²) in [7, 11) is 0. The molecule has 3 nitrogen and oxygen atoms in total. The van der Waals surface area contributed by atoms with E-state index in [2.05, 4.69) is 46.7 Å². The van der Waals surface area contributed by atoms with Crippen LogP contribution in [0.2, 0.25) is 0 Å². The van der Waals surface area contributed by atoms with E-state index in [1.54, 1.807) is 11.8 Å². The van der Waals surface area contributed by atoms with Crippen LogP contribution in [-0.4, -0.2) is 19.0 Å². The van der Waals surface area contributed by atoms with Gasteiger partial charge in [0.05, 0.1) is 23.5 Å². The van der Waals surface area contributed by atoms with Crippen LogP contribution in [0.5, 0.6) is 0 Å². The number of rotatable bonds is 1. The van der Waals surface area contributed by atoms with E-state index in [4.69, 9.17) is 4.74 Å². The van der Waals surface area contributed by atoms with E-state index in [1.165, 1.54) is 9.79 Å². The topological polar surface area (TPSA) is 33.6 Å². The lowest BCUT2D eigenvalue weighted by atomic mass is 10.1. The quantitative estimate of drug-likeness (QED) is 0.731. The van der Waals surface area contributed by atoms with Crippen LogP contribution in [0, 0.1) is 0 Å². The molecule has 0 fully saturated rings. The molecule has 2 aliphatic heterocycles. The number of aliphatic imine (C=N–C) groups is 1. The summed E-state index contributed by atoms with van der Waals surface area (Å²) >= 11 is 1.78. The monoisotopic (exact) mass is 268 g/mol. The zero-order valence-electron chi connectivity index (χ0n) is 10.2. The Morgan fingerprint density at radius 3 is 2.84 bits per heavy atom. The first-order chi connectivity index (χ1) is 9.42. The van der Waals surface area contributed by atoms with Crippen molar-refractivity contribution in [3.63, 3.8) is 0 Å². The molecule has 0 saturated carbocycles. The smallest absolute Gasteiger partial charge is 0.218 e. The Kier molecular flexibility index (Phi) is 2.48. The first kappa shape index (κ1) is 10.9. The maximum Gasteiger partial charge on any atom is 0.218 e. The Balaban J connectivity index is 1.83. The Morgan fingerprint density at radius 2 is 1.95 bits per heavy atom. The van der Waals surface area contributed by atoms with E-state index >= 15 is 0 Å². The van der Waals surface area contributed by atoms with E-state index in [1.807, 2.05) is 6.07 Å². The fourth-order valence-corrected chi connectivity index (χ4v) is 3.36. The average Bonchev–Trinajstić information content (AvgIpc) is 2.98. The molecule has 2 aromatic rings. The molecule has 0 spiro atoms. The molecule has 2 heterocycles. The van der Waals surface area contributed by atoms with Gasteiger partial charge in [-0.15, -0.1) is 0 Å². The van der Waals surface area contributed by atoms with Gasteiger partial charge in [0, 0.05) is 9.79 Å². The fourth-order valence-electron chi connectivity index (χ4n) is 2.33. The second kappa shape index (κ2) is 4.31. The lowest BCUT2D eigenvalue weighted by Gasteiger charge is -2.22. The van der Waals surface area contributed by atoms with Gasteiger partial charge < -0.3 is 10.1 Å². The highest BCUT2D eigenvalue weighted by Crippen LogP contribution is 2.45. The van der Waals surface area contributed by atoms with E-state index in [0.29, 0.717) is 6.61 Å². The number of hydrogen-bond acceptors (Lipinski definition) is 4. The minimum atomic E-state index is 0.683. The highest BCUT2D eigenvalue weighted by molar-refractivity contribution is 7.99. The maximum absolute atomic E-state index is 5.59. The summed E-state index contributed by atoms with van der Waals surface area (Å²) in [6, 6.07) is 14.6. The highest BCUT2D eigenvalue weighted by Gasteiger charge is 2.22. The average molecular weight is 268 g/mol. The summed E-state index contributed by atoms with van der Waals surface area (Å²) in [5, 5.41) is 3.50. The zero-order valence-corrected chi connectivity index (χ0v) is 11.0. The summed E-state index contributed by atoms with van der Waals surface area (Å²) in [6.45, 7) is 1.44. The Hall–Kier alpha value is -1.94. The van der Waals surface area contributed by atoms with Gasteiger partial charge in [-0.25, -0.2) is 4.99 Å². The molecule has 0 radical (unpaired) electrons. The van der Waals surface area contributed by atoms with Crippen molar-refractivity contribution >= 4 is 29.0 Å². The molecular formula is C15H12N2OS. The molecule has 1 N–H and O–H groups in total. The molecule has 19 heavy (non-hydrogen) atoms. The van der Waals surface area contributed by atoms with E-state index in [0.717, 1.165) is 29.4 Å².